The lowest BCUT2D eigenvalue weighted by molar-refractivity contribution is 0.180. The van der Waals surface area contributed by atoms with Gasteiger partial charge in [0.05, 0.1) is 11.4 Å². The third-order valence-corrected chi connectivity index (χ3v) is 4.36. The molecule has 0 aliphatic heterocycles. The van der Waals surface area contributed by atoms with E-state index < -0.39 is 5.60 Å². The van der Waals surface area contributed by atoms with Gasteiger partial charge in [0.15, 0.2) is 0 Å². The van der Waals surface area contributed by atoms with Gasteiger partial charge >= 0.3 is 0 Å². The monoisotopic (exact) mass is 358 g/mol. The molecule has 0 fully saturated rings. The van der Waals surface area contributed by atoms with Crippen molar-refractivity contribution < 1.29 is 4.74 Å². The molecule has 0 spiro atoms. The van der Waals surface area contributed by atoms with Crippen LogP contribution in [0.2, 0.25) is 5.02 Å². The van der Waals surface area contributed by atoms with E-state index in [1.807, 2.05) is 56.4 Å². The van der Waals surface area contributed by atoms with Crippen LogP contribution in [0.4, 0.5) is 11.4 Å². The molecule has 2 aromatic carbocycles. The fourth-order valence-electron chi connectivity index (χ4n) is 2.62. The van der Waals surface area contributed by atoms with Gasteiger partial charge in [-0.1, -0.05) is 31.0 Å². The van der Waals surface area contributed by atoms with Gasteiger partial charge in [-0.05, 0) is 69.2 Å². The van der Waals surface area contributed by atoms with Crippen molar-refractivity contribution in [2.24, 2.45) is 4.99 Å². The second kappa shape index (κ2) is 8.39. The minimum absolute atomic E-state index is 0.508. The van der Waals surface area contributed by atoms with Crippen LogP contribution in [0.25, 0.3) is 0 Å². The number of nitrogens with zero attached hydrogens (tertiary/aromatic N) is 1. The molecule has 0 aromatic heterocycles. The van der Waals surface area contributed by atoms with Crippen LogP contribution in [-0.2, 0) is 0 Å². The number of anilines is 1. The Hall–Kier alpha value is -2.00. The quantitative estimate of drug-likeness (QED) is 0.579. The first kappa shape index (κ1) is 19.3. The van der Waals surface area contributed by atoms with Gasteiger partial charge in [0.2, 0.25) is 0 Å². The summed E-state index contributed by atoms with van der Waals surface area (Å²) in [5.41, 5.74) is 3.57. The van der Waals surface area contributed by atoms with E-state index in [4.69, 9.17) is 21.3 Å². The number of aryl methyl sites for hydroxylation is 1. The molecular formula is C21H27ClN2O. The van der Waals surface area contributed by atoms with Gasteiger partial charge in [-0.2, -0.15) is 0 Å². The molecule has 0 atom stereocenters. The van der Waals surface area contributed by atoms with Gasteiger partial charge in [-0.3, -0.25) is 4.99 Å². The molecule has 3 nitrogen and oxygen atoms in total. The van der Waals surface area contributed by atoms with E-state index in [1.165, 1.54) is 0 Å². The van der Waals surface area contributed by atoms with Crippen LogP contribution in [0, 0.1) is 6.92 Å². The number of hydrogen-bond donors (Lipinski definition) is 1. The van der Waals surface area contributed by atoms with Crippen LogP contribution in [0.3, 0.4) is 0 Å². The van der Waals surface area contributed by atoms with E-state index >= 15 is 0 Å². The zero-order chi connectivity index (χ0) is 18.4. The Balaban J connectivity index is 2.32. The van der Waals surface area contributed by atoms with E-state index in [0.717, 1.165) is 41.2 Å². The smallest absolute Gasteiger partial charge is 0.141 e. The Morgan fingerprint density at radius 3 is 2.44 bits per heavy atom. The van der Waals surface area contributed by atoms with E-state index in [0.29, 0.717) is 5.02 Å². The van der Waals surface area contributed by atoms with Crippen LogP contribution >= 0.6 is 11.6 Å². The summed E-state index contributed by atoms with van der Waals surface area (Å²) in [6.45, 7) is 8.32. The molecule has 0 unspecified atom stereocenters. The normalized spacial score (nSPS) is 12.2. The highest BCUT2D eigenvalue weighted by Crippen LogP contribution is 2.28. The maximum Gasteiger partial charge on any atom is 0.141 e. The maximum absolute atomic E-state index is 6.27. The van der Waals surface area contributed by atoms with Gasteiger partial charge in [0, 0.05) is 17.8 Å². The summed E-state index contributed by atoms with van der Waals surface area (Å²) in [5, 5.41) is 3.81. The molecule has 25 heavy (non-hydrogen) atoms. The van der Waals surface area contributed by atoms with E-state index in [1.54, 1.807) is 0 Å². The summed E-state index contributed by atoms with van der Waals surface area (Å²) in [6, 6.07) is 13.7. The molecule has 2 aromatic rings. The van der Waals surface area contributed by atoms with Crippen molar-refractivity contribution in [3.05, 3.63) is 53.1 Å². The number of rotatable bonds is 7. The first-order valence-corrected chi connectivity index (χ1v) is 9.04. The predicted molar refractivity (Wildman–Crippen MR) is 109 cm³/mol. The van der Waals surface area contributed by atoms with Gasteiger partial charge in [-0.25, -0.2) is 0 Å². The molecule has 0 aliphatic carbocycles. The van der Waals surface area contributed by atoms with E-state index in [2.05, 4.69) is 26.1 Å². The summed E-state index contributed by atoms with van der Waals surface area (Å²) >= 11 is 6.14. The topological polar surface area (TPSA) is 33.6 Å². The molecule has 0 saturated carbocycles. The average molecular weight is 359 g/mol. The first-order chi connectivity index (χ1) is 11.9. The van der Waals surface area contributed by atoms with Gasteiger partial charge in [0.1, 0.15) is 11.4 Å². The zero-order valence-corrected chi connectivity index (χ0v) is 16.4. The second-order valence-corrected chi connectivity index (χ2v) is 7.06. The Kier molecular flexibility index (Phi) is 6.49. The second-order valence-electron chi connectivity index (χ2n) is 6.63. The molecule has 0 radical (unpaired) electrons. The van der Waals surface area contributed by atoms with Gasteiger partial charge in [-0.15, -0.1) is 0 Å². The van der Waals surface area contributed by atoms with Crippen LogP contribution in [0.1, 0.15) is 39.2 Å². The number of benzene rings is 2. The van der Waals surface area contributed by atoms with E-state index in [-0.39, 0.29) is 0 Å². The summed E-state index contributed by atoms with van der Waals surface area (Å²) in [4.78, 5) is 4.91. The van der Waals surface area contributed by atoms with Gasteiger partial charge in [0.25, 0.3) is 0 Å². The molecule has 2 rings (SSSR count). The highest BCUT2D eigenvalue weighted by atomic mass is 35.5. The van der Waals surface area contributed by atoms with Crippen LogP contribution < -0.4 is 10.1 Å². The molecular weight excluding hydrogens is 332 g/mol. The van der Waals surface area contributed by atoms with Crippen molar-refractivity contribution in [1.29, 1.82) is 0 Å². The Morgan fingerprint density at radius 1 is 1.16 bits per heavy atom. The summed E-state index contributed by atoms with van der Waals surface area (Å²) in [5.74, 6) is 0.829. The number of aliphatic imine (C=N–C) groups is 1. The number of halogens is 1. The molecule has 0 heterocycles. The molecule has 0 amide bonds. The molecule has 1 N–H and O–H groups in total. The maximum atomic E-state index is 6.27. The number of hydrogen-bond acceptors (Lipinski definition) is 3. The van der Waals surface area contributed by atoms with Crippen molar-refractivity contribution in [2.75, 3.05) is 12.4 Å². The summed E-state index contributed by atoms with van der Waals surface area (Å²) in [7, 11) is 1.90. The standard InChI is InChI=1S/C21H27ClN2O/c1-6-7-20(24-19-14-16(22)9-8-15(19)2)21(3,4)25-18-12-10-17(23-5)11-13-18/h8-14,23H,6-7H2,1-5H3. The third-order valence-electron chi connectivity index (χ3n) is 4.12. The lowest BCUT2D eigenvalue weighted by atomic mass is 9.97. The Morgan fingerprint density at radius 2 is 1.84 bits per heavy atom. The Labute approximate surface area is 156 Å². The van der Waals surface area contributed by atoms with Crippen molar-refractivity contribution in [3.8, 4) is 5.75 Å². The minimum Gasteiger partial charge on any atom is -0.482 e. The fraction of sp³-hybridized carbons (Fsp3) is 0.381. The van der Waals surface area contributed by atoms with Crippen molar-refractivity contribution in [2.45, 2.75) is 46.1 Å². The lowest BCUT2D eigenvalue weighted by Crippen LogP contribution is -2.38. The van der Waals surface area contributed by atoms with Crippen LogP contribution in [-0.4, -0.2) is 18.4 Å². The largest absolute Gasteiger partial charge is 0.482 e. The highest BCUT2D eigenvalue weighted by molar-refractivity contribution is 6.30. The SMILES string of the molecule is CCCC(=Nc1cc(Cl)ccc1C)C(C)(C)Oc1ccc(NC)cc1. The molecule has 134 valence electrons. The average Bonchev–Trinajstić information content (AvgIpc) is 2.58. The number of nitrogens with one attached hydrogen (secondary N) is 1. The molecule has 0 bridgehead atoms. The highest BCUT2D eigenvalue weighted by Gasteiger charge is 2.27. The summed E-state index contributed by atoms with van der Waals surface area (Å²) < 4.78 is 6.27. The molecule has 4 heteroatoms. The van der Waals surface area contributed by atoms with Crippen molar-refractivity contribution in [3.63, 3.8) is 0 Å². The fourth-order valence-corrected chi connectivity index (χ4v) is 2.79. The van der Waals surface area contributed by atoms with Crippen molar-refractivity contribution >= 4 is 28.7 Å². The zero-order valence-electron chi connectivity index (χ0n) is 15.7. The van der Waals surface area contributed by atoms with Crippen LogP contribution in [0.5, 0.6) is 5.75 Å². The Bertz CT molecular complexity index is 736. The summed E-state index contributed by atoms with van der Waals surface area (Å²) in [6.07, 6.45) is 1.87. The van der Waals surface area contributed by atoms with E-state index in [9.17, 15) is 0 Å². The van der Waals surface area contributed by atoms with Crippen molar-refractivity contribution in [1.82, 2.24) is 0 Å². The van der Waals surface area contributed by atoms with Crippen LogP contribution in [0.15, 0.2) is 47.5 Å². The minimum atomic E-state index is -0.508. The molecule has 0 aliphatic rings. The number of ether oxygens (including phenoxy) is 1. The van der Waals surface area contributed by atoms with Gasteiger partial charge < -0.3 is 10.1 Å². The predicted octanol–water partition coefficient (Wildman–Crippen LogP) is 6.42. The molecule has 0 saturated heterocycles. The third kappa shape index (κ3) is 5.23. The first-order valence-electron chi connectivity index (χ1n) is 8.66. The lowest BCUT2D eigenvalue weighted by Gasteiger charge is -2.28.